The Morgan fingerprint density at radius 3 is 2.71 bits per heavy atom. The van der Waals surface area contributed by atoms with Gasteiger partial charge in [0, 0.05) is 0 Å². The van der Waals surface area contributed by atoms with Gasteiger partial charge in [-0.1, -0.05) is 0 Å². The number of fused-ring (bicyclic) bond motifs is 3. The Kier molecular flexibility index (Phi) is 3.97. The summed E-state index contributed by atoms with van der Waals surface area (Å²) in [5.41, 5.74) is 4.43. The molecule has 2 nitrogen and oxygen atoms in total. The molecular weight excluding hydrogens is 363 g/mol. The molecule has 126 valence electrons. The molecule has 1 aliphatic heterocycles. The molecule has 4 rings (SSSR count). The SMILES string of the molecule is CC1=CCC2=C(C)CC[C@@H]3[C@H](OC(=O)[C@]3(C)[Se]c3ccccc3)[C@@H]12. The van der Waals surface area contributed by atoms with Gasteiger partial charge in [0.1, 0.15) is 0 Å². The van der Waals surface area contributed by atoms with E-state index in [1.54, 1.807) is 0 Å². The van der Waals surface area contributed by atoms with Crippen LogP contribution >= 0.6 is 0 Å². The second-order valence-electron chi connectivity index (χ2n) is 7.47. The summed E-state index contributed by atoms with van der Waals surface area (Å²) in [7, 11) is 0. The van der Waals surface area contributed by atoms with Crippen LogP contribution in [-0.4, -0.2) is 27.0 Å². The van der Waals surface area contributed by atoms with Crippen molar-refractivity contribution in [1.82, 2.24) is 0 Å². The Labute approximate surface area is 150 Å². The normalized spacial score (nSPS) is 35.2. The summed E-state index contributed by atoms with van der Waals surface area (Å²) >= 11 is 0.0966. The zero-order valence-electron chi connectivity index (χ0n) is 14.5. The zero-order chi connectivity index (χ0) is 16.9. The molecule has 0 aromatic heterocycles. The van der Waals surface area contributed by atoms with Crippen LogP contribution in [0, 0.1) is 11.8 Å². The van der Waals surface area contributed by atoms with Crippen LogP contribution in [-0.2, 0) is 9.53 Å². The first-order valence-corrected chi connectivity index (χ1v) is 10.5. The average Bonchev–Trinajstić information content (AvgIpc) is 3.00. The summed E-state index contributed by atoms with van der Waals surface area (Å²) in [5.74, 6) is 0.680. The van der Waals surface area contributed by atoms with E-state index in [2.05, 4.69) is 51.1 Å². The molecule has 3 heteroatoms. The monoisotopic (exact) mass is 388 g/mol. The van der Waals surface area contributed by atoms with Crippen LogP contribution in [0.2, 0.25) is 4.31 Å². The Morgan fingerprint density at radius 1 is 1.21 bits per heavy atom. The van der Waals surface area contributed by atoms with E-state index in [1.165, 1.54) is 21.2 Å². The molecule has 0 amide bonds. The fourth-order valence-electron chi connectivity index (χ4n) is 4.61. The topological polar surface area (TPSA) is 26.3 Å². The molecule has 1 heterocycles. The van der Waals surface area contributed by atoms with Crippen molar-refractivity contribution in [1.29, 1.82) is 0 Å². The van der Waals surface area contributed by atoms with Crippen LogP contribution in [0.15, 0.2) is 53.1 Å². The molecule has 1 aromatic carbocycles. The minimum atomic E-state index is -0.350. The van der Waals surface area contributed by atoms with Gasteiger partial charge in [-0.15, -0.1) is 0 Å². The maximum atomic E-state index is 12.9. The van der Waals surface area contributed by atoms with Crippen LogP contribution in [0.1, 0.15) is 40.0 Å². The molecule has 2 aliphatic carbocycles. The minimum absolute atomic E-state index is 0.0277. The first-order valence-electron chi connectivity index (χ1n) is 8.81. The van der Waals surface area contributed by atoms with Gasteiger partial charge in [0.2, 0.25) is 0 Å². The van der Waals surface area contributed by atoms with E-state index in [4.69, 9.17) is 4.74 Å². The first-order chi connectivity index (χ1) is 11.5. The zero-order valence-corrected chi connectivity index (χ0v) is 16.3. The molecule has 0 spiro atoms. The number of rotatable bonds is 2. The van der Waals surface area contributed by atoms with Crippen LogP contribution in [0.4, 0.5) is 0 Å². The van der Waals surface area contributed by atoms with Crippen molar-refractivity contribution in [2.24, 2.45) is 11.8 Å². The van der Waals surface area contributed by atoms with Crippen molar-refractivity contribution in [3.05, 3.63) is 53.1 Å². The number of esters is 1. The molecule has 4 atom stereocenters. The van der Waals surface area contributed by atoms with Crippen molar-refractivity contribution >= 4 is 25.4 Å². The average molecular weight is 387 g/mol. The second-order valence-corrected chi connectivity index (χ2v) is 10.7. The molecule has 3 aliphatic rings. The van der Waals surface area contributed by atoms with E-state index in [9.17, 15) is 4.79 Å². The van der Waals surface area contributed by atoms with Gasteiger partial charge in [0.25, 0.3) is 0 Å². The number of hydrogen-bond acceptors (Lipinski definition) is 2. The summed E-state index contributed by atoms with van der Waals surface area (Å²) in [6.07, 6.45) is 5.59. The molecule has 1 saturated heterocycles. The molecule has 0 N–H and O–H groups in total. The van der Waals surface area contributed by atoms with Gasteiger partial charge in [0.15, 0.2) is 0 Å². The summed E-state index contributed by atoms with van der Waals surface area (Å²) in [6.45, 7) is 6.64. The predicted octanol–water partition coefficient (Wildman–Crippen LogP) is 3.81. The van der Waals surface area contributed by atoms with Gasteiger partial charge in [0.05, 0.1) is 0 Å². The first kappa shape index (κ1) is 16.2. The maximum absolute atomic E-state index is 12.9. The third-order valence-electron chi connectivity index (χ3n) is 6.04. The molecular formula is C21H24O2Se. The molecule has 1 aromatic rings. The summed E-state index contributed by atoms with van der Waals surface area (Å²) in [5, 5.41) is 0. The van der Waals surface area contributed by atoms with Gasteiger partial charge in [-0.3, -0.25) is 0 Å². The second kappa shape index (κ2) is 5.89. The number of ether oxygens (including phenoxy) is 1. The number of carbonyl (C=O) groups excluding carboxylic acids is 1. The number of hydrogen-bond donors (Lipinski definition) is 0. The number of allylic oxidation sites excluding steroid dienone is 2. The molecule has 0 bridgehead atoms. The Hall–Kier alpha value is -1.31. The van der Waals surface area contributed by atoms with Gasteiger partial charge >= 0.3 is 150 Å². The third kappa shape index (κ3) is 2.41. The Morgan fingerprint density at radius 2 is 1.96 bits per heavy atom. The van der Waals surface area contributed by atoms with E-state index in [1.807, 2.05) is 6.07 Å². The van der Waals surface area contributed by atoms with Gasteiger partial charge in [-0.25, -0.2) is 0 Å². The van der Waals surface area contributed by atoms with Gasteiger partial charge in [-0.05, 0) is 0 Å². The van der Waals surface area contributed by atoms with Crippen molar-refractivity contribution in [3.8, 4) is 0 Å². The quantitative estimate of drug-likeness (QED) is 0.438. The van der Waals surface area contributed by atoms with Crippen molar-refractivity contribution in [2.75, 3.05) is 0 Å². The van der Waals surface area contributed by atoms with Crippen molar-refractivity contribution in [3.63, 3.8) is 0 Å². The van der Waals surface area contributed by atoms with Crippen LogP contribution in [0.25, 0.3) is 0 Å². The van der Waals surface area contributed by atoms with Gasteiger partial charge < -0.3 is 0 Å². The van der Waals surface area contributed by atoms with Crippen LogP contribution in [0.5, 0.6) is 0 Å². The summed E-state index contributed by atoms with van der Waals surface area (Å²) < 4.78 is 7.01. The molecule has 1 fully saturated rings. The fourth-order valence-corrected chi connectivity index (χ4v) is 7.37. The van der Waals surface area contributed by atoms with Crippen LogP contribution in [0.3, 0.4) is 0 Å². The van der Waals surface area contributed by atoms with Crippen molar-refractivity contribution in [2.45, 2.75) is 50.5 Å². The molecule has 0 saturated carbocycles. The molecule has 24 heavy (non-hydrogen) atoms. The van der Waals surface area contributed by atoms with Gasteiger partial charge in [-0.2, -0.15) is 0 Å². The van der Waals surface area contributed by atoms with Crippen molar-refractivity contribution < 1.29 is 9.53 Å². The van der Waals surface area contributed by atoms with E-state index in [-0.39, 0.29) is 31.3 Å². The Balaban J connectivity index is 1.70. The molecule has 0 unspecified atom stereocenters. The van der Waals surface area contributed by atoms with E-state index in [0.717, 1.165) is 19.3 Å². The number of carbonyl (C=O) groups is 1. The summed E-state index contributed by atoms with van der Waals surface area (Å²) in [6, 6.07) is 10.5. The third-order valence-corrected chi connectivity index (χ3v) is 8.98. The molecule has 0 radical (unpaired) electrons. The fraction of sp³-hybridized carbons (Fsp3) is 0.476. The number of benzene rings is 1. The predicted molar refractivity (Wildman–Crippen MR) is 97.4 cm³/mol. The van der Waals surface area contributed by atoms with Crippen LogP contribution < -0.4 is 4.46 Å². The van der Waals surface area contributed by atoms with E-state index >= 15 is 0 Å². The van der Waals surface area contributed by atoms with E-state index in [0.29, 0.717) is 11.8 Å². The summed E-state index contributed by atoms with van der Waals surface area (Å²) in [4.78, 5) is 12.9. The Bertz CT molecular complexity index is 733. The standard InChI is InChI=1S/C21H24O2Se/c1-13-10-12-17-19(18-14(2)9-11-16(13)18)23-20(22)21(17,3)24-15-7-5-4-6-8-15/h4-9,17-19H,10-12H2,1-3H3/t17-,18+,19+,21-/m1/s1. The van der Waals surface area contributed by atoms with E-state index < -0.39 is 0 Å².